The van der Waals surface area contributed by atoms with E-state index < -0.39 is 0 Å². The number of carbonyl (C=O) groups is 2. The van der Waals surface area contributed by atoms with Crippen molar-refractivity contribution in [3.63, 3.8) is 0 Å². The summed E-state index contributed by atoms with van der Waals surface area (Å²) in [5, 5.41) is 6.32. The van der Waals surface area contributed by atoms with Crippen LogP contribution in [0.4, 0.5) is 10.5 Å². The summed E-state index contributed by atoms with van der Waals surface area (Å²) < 4.78 is 0. The van der Waals surface area contributed by atoms with Gasteiger partial charge in [0.05, 0.1) is 0 Å². The molecule has 0 radical (unpaired) electrons. The highest BCUT2D eigenvalue weighted by Crippen LogP contribution is 2.13. The molecule has 1 aliphatic rings. The fourth-order valence-electron chi connectivity index (χ4n) is 2.58. The number of carbonyl (C=O) groups excluding carboxylic acids is 2. The summed E-state index contributed by atoms with van der Waals surface area (Å²) in [4.78, 5) is 28.0. The molecule has 2 N–H and O–H groups in total. The van der Waals surface area contributed by atoms with Gasteiger partial charge in [-0.05, 0) is 37.2 Å². The van der Waals surface area contributed by atoms with Crippen LogP contribution in [0, 0.1) is 0 Å². The van der Waals surface area contributed by atoms with Crippen molar-refractivity contribution >= 4 is 29.2 Å². The lowest BCUT2D eigenvalue weighted by atomic mass is 10.2. The normalized spacial score (nSPS) is 15.2. The van der Waals surface area contributed by atoms with Crippen molar-refractivity contribution in [1.29, 1.82) is 0 Å². The van der Waals surface area contributed by atoms with Crippen molar-refractivity contribution in [1.82, 2.24) is 15.1 Å². The van der Waals surface area contributed by atoms with Crippen molar-refractivity contribution in [2.24, 2.45) is 0 Å². The van der Waals surface area contributed by atoms with Crippen LogP contribution in [0.25, 0.3) is 0 Å². The molecule has 1 heterocycles. The molecule has 0 spiro atoms. The smallest absolute Gasteiger partial charge is 0.317 e. The van der Waals surface area contributed by atoms with E-state index in [2.05, 4.69) is 22.5 Å². The van der Waals surface area contributed by atoms with Gasteiger partial charge < -0.3 is 20.4 Å². The number of amides is 3. The van der Waals surface area contributed by atoms with E-state index >= 15 is 0 Å². The lowest BCUT2D eigenvalue weighted by Gasteiger charge is -2.34. The second-order valence-corrected chi connectivity index (χ2v) is 6.25. The van der Waals surface area contributed by atoms with Gasteiger partial charge in [-0.2, -0.15) is 0 Å². The van der Waals surface area contributed by atoms with Crippen LogP contribution in [-0.2, 0) is 4.79 Å². The number of urea groups is 1. The van der Waals surface area contributed by atoms with Crippen molar-refractivity contribution in [2.75, 3.05) is 44.6 Å². The fraction of sp³-hybridized carbons (Fsp3) is 0.529. The Kier molecular flexibility index (Phi) is 7.34. The van der Waals surface area contributed by atoms with Gasteiger partial charge in [-0.25, -0.2) is 4.79 Å². The van der Waals surface area contributed by atoms with E-state index in [0.29, 0.717) is 24.4 Å². The van der Waals surface area contributed by atoms with Crippen LogP contribution in [0.2, 0.25) is 5.02 Å². The highest BCUT2D eigenvalue weighted by Gasteiger charge is 2.19. The third-order valence-electron chi connectivity index (χ3n) is 4.09. The second kappa shape index (κ2) is 9.49. The highest BCUT2D eigenvalue weighted by atomic mass is 35.5. The van der Waals surface area contributed by atoms with Crippen molar-refractivity contribution in [3.8, 4) is 0 Å². The Labute approximate surface area is 148 Å². The van der Waals surface area contributed by atoms with Crippen LogP contribution in [0.1, 0.15) is 19.8 Å². The van der Waals surface area contributed by atoms with Gasteiger partial charge in [0.15, 0.2) is 0 Å². The molecule has 1 aromatic rings. The lowest BCUT2D eigenvalue weighted by Crippen LogP contribution is -2.51. The molecule has 0 bridgehead atoms. The van der Waals surface area contributed by atoms with E-state index in [1.807, 2.05) is 4.90 Å². The first-order chi connectivity index (χ1) is 11.6. The van der Waals surface area contributed by atoms with Crippen LogP contribution < -0.4 is 10.6 Å². The van der Waals surface area contributed by atoms with Crippen LogP contribution in [0.15, 0.2) is 24.3 Å². The minimum absolute atomic E-state index is 0.0381. The number of nitrogens with one attached hydrogen (secondary N) is 2. The standard InChI is InChI=1S/C17H25ClN4O2/c1-2-21-10-12-22(13-11-21)17(24)19-9-3-4-16(23)20-15-7-5-14(18)6-8-15/h5-8H,2-4,9-13H2,1H3,(H,19,24)(H,20,23). The Morgan fingerprint density at radius 1 is 1.12 bits per heavy atom. The fourth-order valence-corrected chi connectivity index (χ4v) is 2.71. The van der Waals surface area contributed by atoms with E-state index in [0.717, 1.165) is 38.4 Å². The van der Waals surface area contributed by atoms with Gasteiger partial charge in [-0.15, -0.1) is 0 Å². The third kappa shape index (κ3) is 6.02. The summed E-state index contributed by atoms with van der Waals surface area (Å²) in [7, 11) is 0. The molecule has 2 rings (SSSR count). The summed E-state index contributed by atoms with van der Waals surface area (Å²) in [6.07, 6.45) is 0.979. The molecule has 1 saturated heterocycles. The zero-order chi connectivity index (χ0) is 17.4. The summed E-state index contributed by atoms with van der Waals surface area (Å²) in [6.45, 7) is 7.03. The van der Waals surface area contributed by atoms with Gasteiger partial charge in [-0.3, -0.25) is 4.79 Å². The molecule has 1 aliphatic heterocycles. The molecule has 0 saturated carbocycles. The van der Waals surface area contributed by atoms with Crippen molar-refractivity contribution in [3.05, 3.63) is 29.3 Å². The first-order valence-corrected chi connectivity index (χ1v) is 8.77. The zero-order valence-electron chi connectivity index (χ0n) is 14.1. The van der Waals surface area contributed by atoms with Gasteiger partial charge in [0.1, 0.15) is 0 Å². The number of piperazine rings is 1. The largest absolute Gasteiger partial charge is 0.338 e. The van der Waals surface area contributed by atoms with Crippen LogP contribution in [0.5, 0.6) is 0 Å². The molecule has 0 aromatic heterocycles. The summed E-state index contributed by atoms with van der Waals surface area (Å²) >= 11 is 5.80. The molecule has 7 heteroatoms. The minimum atomic E-state index is -0.0665. The predicted octanol–water partition coefficient (Wildman–Crippen LogP) is 2.41. The van der Waals surface area contributed by atoms with E-state index in [4.69, 9.17) is 11.6 Å². The van der Waals surface area contributed by atoms with Crippen molar-refractivity contribution in [2.45, 2.75) is 19.8 Å². The summed E-state index contributed by atoms with van der Waals surface area (Å²) in [5.41, 5.74) is 0.724. The lowest BCUT2D eigenvalue weighted by molar-refractivity contribution is -0.116. The topological polar surface area (TPSA) is 64.7 Å². The second-order valence-electron chi connectivity index (χ2n) is 5.81. The molecule has 0 aliphatic carbocycles. The average molecular weight is 353 g/mol. The molecule has 1 fully saturated rings. The first kappa shape index (κ1) is 18.5. The maximum atomic E-state index is 12.0. The Morgan fingerprint density at radius 3 is 2.42 bits per heavy atom. The number of benzene rings is 1. The molecule has 1 aromatic carbocycles. The average Bonchev–Trinajstić information content (AvgIpc) is 2.60. The molecular weight excluding hydrogens is 328 g/mol. The quantitative estimate of drug-likeness (QED) is 0.773. The maximum Gasteiger partial charge on any atom is 0.317 e. The van der Waals surface area contributed by atoms with E-state index in [1.54, 1.807) is 24.3 Å². The van der Waals surface area contributed by atoms with Crippen molar-refractivity contribution < 1.29 is 9.59 Å². The van der Waals surface area contributed by atoms with Crippen LogP contribution in [0.3, 0.4) is 0 Å². The zero-order valence-corrected chi connectivity index (χ0v) is 14.8. The molecule has 6 nitrogen and oxygen atoms in total. The molecule has 3 amide bonds. The Balaban J connectivity index is 1.59. The molecule has 0 unspecified atom stereocenters. The number of anilines is 1. The number of likely N-dealkylation sites (N-methyl/N-ethyl adjacent to an activating group) is 1. The number of hydrogen-bond acceptors (Lipinski definition) is 3. The van der Waals surface area contributed by atoms with Gasteiger partial charge >= 0.3 is 6.03 Å². The van der Waals surface area contributed by atoms with Gasteiger partial charge in [0, 0.05) is 49.9 Å². The number of hydrogen-bond donors (Lipinski definition) is 2. The number of rotatable bonds is 6. The third-order valence-corrected chi connectivity index (χ3v) is 4.34. The Morgan fingerprint density at radius 2 is 1.79 bits per heavy atom. The highest BCUT2D eigenvalue weighted by molar-refractivity contribution is 6.30. The van der Waals surface area contributed by atoms with Gasteiger partial charge in [0.2, 0.25) is 5.91 Å². The maximum absolute atomic E-state index is 12.0. The minimum Gasteiger partial charge on any atom is -0.338 e. The molecular formula is C17H25ClN4O2. The molecule has 132 valence electrons. The first-order valence-electron chi connectivity index (χ1n) is 8.39. The SMILES string of the molecule is CCN1CCN(C(=O)NCCCC(=O)Nc2ccc(Cl)cc2)CC1. The van der Waals surface area contributed by atoms with E-state index in [-0.39, 0.29) is 11.9 Å². The van der Waals surface area contributed by atoms with E-state index in [9.17, 15) is 9.59 Å². The molecule has 24 heavy (non-hydrogen) atoms. The number of nitrogens with zero attached hydrogens (tertiary/aromatic N) is 2. The summed E-state index contributed by atoms with van der Waals surface area (Å²) in [6, 6.07) is 6.95. The predicted molar refractivity (Wildman–Crippen MR) is 96.4 cm³/mol. The van der Waals surface area contributed by atoms with Gasteiger partial charge in [-0.1, -0.05) is 18.5 Å². The van der Waals surface area contributed by atoms with Crippen LogP contribution >= 0.6 is 11.6 Å². The molecule has 0 atom stereocenters. The van der Waals surface area contributed by atoms with Crippen LogP contribution in [-0.4, -0.2) is 61.0 Å². The monoisotopic (exact) mass is 352 g/mol. The summed E-state index contributed by atoms with van der Waals surface area (Å²) in [5.74, 6) is -0.0665. The van der Waals surface area contributed by atoms with E-state index in [1.165, 1.54) is 0 Å². The number of halogens is 1. The van der Waals surface area contributed by atoms with Gasteiger partial charge in [0.25, 0.3) is 0 Å². The Bertz CT molecular complexity index is 542. The Hall–Kier alpha value is -1.79.